The molecular formula is C30H38FKN2O4-2. The Morgan fingerprint density at radius 3 is 2.50 bits per heavy atom. The van der Waals surface area contributed by atoms with Crippen LogP contribution < -0.4 is 66.2 Å². The van der Waals surface area contributed by atoms with Crippen LogP contribution in [0.2, 0.25) is 0 Å². The van der Waals surface area contributed by atoms with Gasteiger partial charge in [0.15, 0.2) is 0 Å². The Balaban J connectivity index is 0.000000260. The van der Waals surface area contributed by atoms with Gasteiger partial charge in [0.25, 0.3) is 0 Å². The van der Waals surface area contributed by atoms with Crippen molar-refractivity contribution in [1.29, 1.82) is 0 Å². The van der Waals surface area contributed by atoms with Crippen molar-refractivity contribution >= 4 is 17.9 Å². The molecule has 2 fully saturated rings. The van der Waals surface area contributed by atoms with Crippen LogP contribution in [0.3, 0.4) is 0 Å². The summed E-state index contributed by atoms with van der Waals surface area (Å²) in [5.41, 5.74) is 2.84. The van der Waals surface area contributed by atoms with Gasteiger partial charge in [-0.1, -0.05) is 31.9 Å². The van der Waals surface area contributed by atoms with E-state index in [-0.39, 0.29) is 63.2 Å². The molecule has 1 heterocycles. The minimum absolute atomic E-state index is 0. The minimum atomic E-state index is -1.05. The predicted molar refractivity (Wildman–Crippen MR) is 145 cm³/mol. The van der Waals surface area contributed by atoms with E-state index in [4.69, 9.17) is 9.47 Å². The average molecular weight is 549 g/mol. The summed E-state index contributed by atoms with van der Waals surface area (Å²) < 4.78 is 24.1. The largest absolute Gasteiger partial charge is 1.00 e. The first-order valence-electron chi connectivity index (χ1n) is 12.8. The van der Waals surface area contributed by atoms with Crippen molar-refractivity contribution < 1.29 is 74.8 Å². The zero-order chi connectivity index (χ0) is 27.0. The first-order valence-corrected chi connectivity index (χ1v) is 12.8. The van der Waals surface area contributed by atoms with Crippen LogP contribution >= 0.6 is 0 Å². The SMILES string of the molecule is COc1cc(NC(=O)C2CC[CH-]CC2)ccc1C.[CH2-]c1c(C)cc(OCCN2CC(C)(F)C2)cc1[C-]=O.[K+]. The Bertz CT molecular complexity index is 1080. The maximum absolute atomic E-state index is 13.3. The zero-order valence-corrected chi connectivity index (χ0v) is 26.5. The summed E-state index contributed by atoms with van der Waals surface area (Å²) in [4.78, 5) is 24.9. The molecule has 0 radical (unpaired) electrons. The molecule has 2 aromatic carbocycles. The van der Waals surface area contributed by atoms with Gasteiger partial charge in [-0.05, 0) is 31.8 Å². The number of benzene rings is 2. The summed E-state index contributed by atoms with van der Waals surface area (Å²) in [5.74, 6) is 1.73. The fourth-order valence-electron chi connectivity index (χ4n) is 4.63. The minimum Gasteiger partial charge on any atom is -0.507 e. The molecule has 2 aromatic rings. The number of amides is 1. The number of carbonyl (C=O) groups is 1. The Hall–Kier alpha value is -1.42. The van der Waals surface area contributed by atoms with Crippen LogP contribution in [0.25, 0.3) is 0 Å². The maximum Gasteiger partial charge on any atom is 1.00 e. The summed E-state index contributed by atoms with van der Waals surface area (Å²) in [6, 6.07) is 9.24. The number of likely N-dealkylation sites (tertiary alicyclic amines) is 1. The van der Waals surface area contributed by atoms with Gasteiger partial charge in [-0.25, -0.2) is 9.95 Å². The number of nitrogens with one attached hydrogen (secondary N) is 1. The van der Waals surface area contributed by atoms with Crippen LogP contribution in [0.4, 0.5) is 10.1 Å². The van der Waals surface area contributed by atoms with Gasteiger partial charge in [0.1, 0.15) is 11.4 Å². The number of nitrogens with zero attached hydrogens (tertiary/aromatic N) is 1. The molecule has 1 amide bonds. The number of carbonyl (C=O) groups excluding carboxylic acids is 2. The average Bonchev–Trinajstić information content (AvgIpc) is 2.87. The molecule has 6 nitrogen and oxygen atoms in total. The van der Waals surface area contributed by atoms with Gasteiger partial charge in [-0.3, -0.25) is 27.7 Å². The monoisotopic (exact) mass is 548 g/mol. The van der Waals surface area contributed by atoms with E-state index < -0.39 is 5.67 Å². The molecule has 0 unspecified atom stereocenters. The first kappa shape index (κ1) is 32.8. The van der Waals surface area contributed by atoms with Gasteiger partial charge in [0, 0.05) is 43.1 Å². The molecule has 38 heavy (non-hydrogen) atoms. The van der Waals surface area contributed by atoms with Crippen molar-refractivity contribution in [3.63, 3.8) is 0 Å². The van der Waals surface area contributed by atoms with Crippen molar-refractivity contribution in [2.24, 2.45) is 5.92 Å². The fourth-order valence-corrected chi connectivity index (χ4v) is 4.63. The van der Waals surface area contributed by atoms with Crippen molar-refractivity contribution in [2.45, 2.75) is 52.1 Å². The van der Waals surface area contributed by atoms with Crippen molar-refractivity contribution in [1.82, 2.24) is 4.90 Å². The molecule has 1 aliphatic carbocycles. The van der Waals surface area contributed by atoms with Gasteiger partial charge in [0.2, 0.25) is 5.91 Å². The summed E-state index contributed by atoms with van der Waals surface area (Å²) in [6.07, 6.45) is 8.15. The van der Waals surface area contributed by atoms with E-state index in [0.717, 1.165) is 48.2 Å². The third-order valence-electron chi connectivity index (χ3n) is 6.82. The van der Waals surface area contributed by atoms with E-state index in [1.165, 1.54) is 0 Å². The molecule has 0 atom stereocenters. The summed E-state index contributed by atoms with van der Waals surface area (Å²) in [5, 5.41) is 2.98. The molecule has 8 heteroatoms. The van der Waals surface area contributed by atoms with Gasteiger partial charge >= 0.3 is 51.4 Å². The molecular weight excluding hydrogens is 510 g/mol. The van der Waals surface area contributed by atoms with Gasteiger partial charge in [0.05, 0.1) is 13.7 Å². The Kier molecular flexibility index (Phi) is 13.3. The molecule has 1 aliphatic heterocycles. The predicted octanol–water partition coefficient (Wildman–Crippen LogP) is 2.40. The Labute approximate surface area is 269 Å². The molecule has 0 aromatic heterocycles. The number of halogens is 1. The van der Waals surface area contributed by atoms with Gasteiger partial charge in [-0.2, -0.15) is 18.9 Å². The Morgan fingerprint density at radius 2 is 1.89 bits per heavy atom. The number of hydrogen-bond donors (Lipinski definition) is 1. The molecule has 1 saturated carbocycles. The normalized spacial score (nSPS) is 16.7. The quantitative estimate of drug-likeness (QED) is 0.406. The fraction of sp³-hybridized carbons (Fsp3) is 0.467. The number of hydrogen-bond acceptors (Lipinski definition) is 5. The van der Waals surface area contributed by atoms with Crippen molar-refractivity contribution in [2.75, 3.05) is 38.7 Å². The van der Waals surface area contributed by atoms with Gasteiger partial charge in [-0.15, -0.1) is 0 Å². The molecule has 2 aliphatic rings. The number of methoxy groups -OCH3 is 1. The smallest absolute Gasteiger partial charge is 0.507 e. The number of aryl methyl sites for hydroxylation is 2. The third kappa shape index (κ3) is 9.64. The topological polar surface area (TPSA) is 67.9 Å². The van der Waals surface area contributed by atoms with E-state index in [0.29, 0.717) is 43.1 Å². The second-order valence-electron chi connectivity index (χ2n) is 10.2. The van der Waals surface area contributed by atoms with Crippen LogP contribution in [-0.4, -0.2) is 56.1 Å². The number of anilines is 1. The van der Waals surface area contributed by atoms with Crippen LogP contribution in [0, 0.1) is 33.1 Å². The van der Waals surface area contributed by atoms with Crippen LogP contribution in [0.15, 0.2) is 30.3 Å². The van der Waals surface area contributed by atoms with Crippen LogP contribution in [0.5, 0.6) is 11.5 Å². The molecule has 0 bridgehead atoms. The standard InChI is InChI=1S/C15H18FNO2.C15H20NO2.K/c1-11-6-14(7-13(8-18)12(11)2)19-5-4-17-9-15(3,16)10-17;1-11-8-9-13(10-14(11)18-2)16-15(17)12-6-4-3-5-7-12;/h6-7H,2,4-5,9-10H2,1,3H3;3,8-10,12H,4-7H2,1-2H3,(H,16,17);/q-2;-1;+1. The third-order valence-corrected chi connectivity index (χ3v) is 6.82. The second kappa shape index (κ2) is 15.4. The van der Waals surface area contributed by atoms with E-state index in [2.05, 4.69) is 18.7 Å². The first-order chi connectivity index (χ1) is 17.6. The summed E-state index contributed by atoms with van der Waals surface area (Å²) in [6.45, 7) is 11.4. The van der Waals surface area contributed by atoms with Crippen molar-refractivity contribution in [3.05, 3.63) is 65.9 Å². The van der Waals surface area contributed by atoms with E-state index in [9.17, 15) is 14.0 Å². The summed E-state index contributed by atoms with van der Waals surface area (Å²) in [7, 11) is 1.64. The van der Waals surface area contributed by atoms with Crippen LogP contribution in [-0.2, 0) is 9.59 Å². The molecule has 0 spiro atoms. The van der Waals surface area contributed by atoms with Crippen LogP contribution in [0.1, 0.15) is 54.9 Å². The van der Waals surface area contributed by atoms with E-state index in [1.807, 2.05) is 49.3 Å². The maximum atomic E-state index is 13.3. The zero-order valence-electron chi connectivity index (χ0n) is 23.4. The van der Waals surface area contributed by atoms with Crippen molar-refractivity contribution in [3.8, 4) is 11.5 Å². The van der Waals surface area contributed by atoms with E-state index >= 15 is 0 Å². The second-order valence-corrected chi connectivity index (χ2v) is 10.2. The van der Waals surface area contributed by atoms with E-state index in [1.54, 1.807) is 20.1 Å². The Morgan fingerprint density at radius 1 is 1.21 bits per heavy atom. The molecule has 1 N–H and O–H groups in total. The number of rotatable bonds is 8. The summed E-state index contributed by atoms with van der Waals surface area (Å²) >= 11 is 0. The number of ether oxygens (including phenoxy) is 2. The molecule has 202 valence electrons. The number of alkyl halides is 1. The molecule has 1 saturated heterocycles. The van der Waals surface area contributed by atoms with Gasteiger partial charge < -0.3 is 26.0 Å². The molecule has 4 rings (SSSR count).